The van der Waals surface area contributed by atoms with Crippen LogP contribution in [0.15, 0.2) is 24.5 Å². The van der Waals surface area contributed by atoms with Crippen LogP contribution in [0.25, 0.3) is 0 Å². The molecular formula is C13H19N3O3. The summed E-state index contributed by atoms with van der Waals surface area (Å²) in [5, 5.41) is 11.7. The third kappa shape index (κ3) is 3.94. The molecule has 1 unspecified atom stereocenters. The maximum atomic E-state index is 12.0. The number of aromatic nitrogens is 1. The minimum absolute atomic E-state index is 0.135. The van der Waals surface area contributed by atoms with Gasteiger partial charge in [0.05, 0.1) is 11.9 Å². The van der Waals surface area contributed by atoms with E-state index in [0.717, 1.165) is 0 Å². The number of amides is 2. The molecule has 0 saturated carbocycles. The van der Waals surface area contributed by atoms with Crippen LogP contribution in [0.3, 0.4) is 0 Å². The number of carboxylic acids is 1. The van der Waals surface area contributed by atoms with Crippen molar-refractivity contribution in [2.45, 2.75) is 26.3 Å². The predicted octanol–water partition coefficient (Wildman–Crippen LogP) is 1.73. The molecule has 0 aliphatic heterocycles. The normalized spacial score (nSPS) is 13.4. The van der Waals surface area contributed by atoms with Crippen LogP contribution in [0.2, 0.25) is 0 Å². The fourth-order valence-electron chi connectivity index (χ4n) is 1.58. The second kappa shape index (κ2) is 6.72. The number of carboxylic acid groups (broad SMARTS) is 1. The summed E-state index contributed by atoms with van der Waals surface area (Å²) in [7, 11) is 1.57. The zero-order valence-electron chi connectivity index (χ0n) is 11.3. The first-order chi connectivity index (χ1) is 8.97. The van der Waals surface area contributed by atoms with Gasteiger partial charge in [-0.25, -0.2) is 9.59 Å². The summed E-state index contributed by atoms with van der Waals surface area (Å²) < 4.78 is 0. The van der Waals surface area contributed by atoms with Crippen molar-refractivity contribution in [1.29, 1.82) is 0 Å². The van der Waals surface area contributed by atoms with Gasteiger partial charge in [0, 0.05) is 13.2 Å². The number of hydrogen-bond donors (Lipinski definition) is 2. The molecule has 0 aliphatic rings. The van der Waals surface area contributed by atoms with E-state index in [9.17, 15) is 9.59 Å². The summed E-state index contributed by atoms with van der Waals surface area (Å²) in [5.41, 5.74) is 0.605. The van der Waals surface area contributed by atoms with Crippen molar-refractivity contribution in [2.24, 2.45) is 5.92 Å². The van der Waals surface area contributed by atoms with E-state index in [1.54, 1.807) is 38.5 Å². The number of hydrogen-bond acceptors (Lipinski definition) is 3. The molecule has 0 fully saturated rings. The van der Waals surface area contributed by atoms with Gasteiger partial charge >= 0.3 is 12.0 Å². The molecule has 2 amide bonds. The van der Waals surface area contributed by atoms with Crippen LogP contribution in [0.4, 0.5) is 10.5 Å². The van der Waals surface area contributed by atoms with E-state index in [1.807, 2.05) is 6.92 Å². The Bertz CT molecular complexity index is 436. The molecular weight excluding hydrogens is 246 g/mol. The number of nitrogens with one attached hydrogen (secondary N) is 1. The van der Waals surface area contributed by atoms with Gasteiger partial charge in [-0.15, -0.1) is 0 Å². The van der Waals surface area contributed by atoms with Crippen molar-refractivity contribution in [3.8, 4) is 0 Å². The van der Waals surface area contributed by atoms with E-state index in [0.29, 0.717) is 12.1 Å². The molecule has 1 rings (SSSR count). The van der Waals surface area contributed by atoms with E-state index < -0.39 is 18.0 Å². The molecule has 0 saturated heterocycles. The van der Waals surface area contributed by atoms with E-state index >= 15 is 0 Å². The first kappa shape index (κ1) is 14.9. The van der Waals surface area contributed by atoms with Gasteiger partial charge in [-0.05, 0) is 18.1 Å². The molecule has 1 aromatic rings. The molecule has 2 N–H and O–H groups in total. The van der Waals surface area contributed by atoms with E-state index in [4.69, 9.17) is 5.11 Å². The molecule has 2 atom stereocenters. The minimum atomic E-state index is -1.03. The summed E-state index contributed by atoms with van der Waals surface area (Å²) in [6, 6.07) is 2.09. The van der Waals surface area contributed by atoms with Crippen LogP contribution in [-0.4, -0.2) is 35.2 Å². The van der Waals surface area contributed by atoms with Crippen LogP contribution in [0, 0.1) is 5.92 Å². The topological polar surface area (TPSA) is 82.5 Å². The summed E-state index contributed by atoms with van der Waals surface area (Å²) >= 11 is 0. The lowest BCUT2D eigenvalue weighted by atomic mass is 9.99. The minimum Gasteiger partial charge on any atom is -0.480 e. The van der Waals surface area contributed by atoms with Crippen LogP contribution in [0.5, 0.6) is 0 Å². The first-order valence-corrected chi connectivity index (χ1v) is 6.14. The van der Waals surface area contributed by atoms with Gasteiger partial charge in [0.2, 0.25) is 0 Å². The quantitative estimate of drug-likeness (QED) is 0.849. The van der Waals surface area contributed by atoms with Gasteiger partial charge in [0.15, 0.2) is 0 Å². The van der Waals surface area contributed by atoms with Crippen molar-refractivity contribution >= 4 is 17.7 Å². The Kier molecular flexibility index (Phi) is 5.29. The van der Waals surface area contributed by atoms with Crippen molar-refractivity contribution in [1.82, 2.24) is 10.3 Å². The fourth-order valence-corrected chi connectivity index (χ4v) is 1.58. The third-order valence-electron chi connectivity index (χ3n) is 3.10. The number of aliphatic carboxylic acids is 1. The van der Waals surface area contributed by atoms with Gasteiger partial charge in [-0.1, -0.05) is 20.3 Å². The second-order valence-corrected chi connectivity index (χ2v) is 4.42. The highest BCUT2D eigenvalue weighted by molar-refractivity contribution is 5.93. The molecule has 6 nitrogen and oxygen atoms in total. The maximum Gasteiger partial charge on any atom is 0.326 e. The highest BCUT2D eigenvalue weighted by Gasteiger charge is 2.26. The van der Waals surface area contributed by atoms with Gasteiger partial charge in [0.25, 0.3) is 0 Å². The molecule has 104 valence electrons. The van der Waals surface area contributed by atoms with Crippen molar-refractivity contribution < 1.29 is 14.7 Å². The van der Waals surface area contributed by atoms with Crippen LogP contribution in [0.1, 0.15) is 20.3 Å². The number of carbonyl (C=O) groups excluding carboxylic acids is 1. The fraction of sp³-hybridized carbons (Fsp3) is 0.462. The highest BCUT2D eigenvalue weighted by Crippen LogP contribution is 2.12. The van der Waals surface area contributed by atoms with E-state index in [2.05, 4.69) is 10.3 Å². The summed E-state index contributed by atoms with van der Waals surface area (Å²) in [4.78, 5) is 28.4. The number of rotatable bonds is 5. The Hall–Kier alpha value is -2.11. The summed E-state index contributed by atoms with van der Waals surface area (Å²) in [5.74, 6) is -1.16. The molecule has 19 heavy (non-hydrogen) atoms. The van der Waals surface area contributed by atoms with E-state index in [-0.39, 0.29) is 5.92 Å². The van der Waals surface area contributed by atoms with Gasteiger partial charge in [-0.3, -0.25) is 9.88 Å². The van der Waals surface area contributed by atoms with Crippen molar-refractivity contribution in [3.05, 3.63) is 24.5 Å². The van der Waals surface area contributed by atoms with Crippen molar-refractivity contribution in [3.63, 3.8) is 0 Å². The van der Waals surface area contributed by atoms with Gasteiger partial charge in [0.1, 0.15) is 6.04 Å². The van der Waals surface area contributed by atoms with Crippen LogP contribution < -0.4 is 10.2 Å². The number of urea groups is 1. The molecule has 1 aromatic heterocycles. The molecule has 6 heteroatoms. The SMILES string of the molecule is CCC(C)[C@H](NC(=O)N(C)c1cccnc1)C(=O)O. The number of nitrogens with zero attached hydrogens (tertiary/aromatic N) is 2. The van der Waals surface area contributed by atoms with Crippen LogP contribution >= 0.6 is 0 Å². The number of anilines is 1. The lowest BCUT2D eigenvalue weighted by Gasteiger charge is -2.24. The zero-order chi connectivity index (χ0) is 14.4. The second-order valence-electron chi connectivity index (χ2n) is 4.42. The molecule has 0 aromatic carbocycles. The number of carbonyl (C=O) groups is 2. The average Bonchev–Trinajstić information content (AvgIpc) is 2.43. The van der Waals surface area contributed by atoms with Crippen LogP contribution in [-0.2, 0) is 4.79 Å². The monoisotopic (exact) mass is 265 g/mol. The molecule has 0 bridgehead atoms. The summed E-state index contributed by atoms with van der Waals surface area (Å²) in [6.45, 7) is 3.68. The Morgan fingerprint density at radius 3 is 2.68 bits per heavy atom. The molecule has 1 heterocycles. The maximum absolute atomic E-state index is 12.0. The van der Waals surface area contributed by atoms with Gasteiger partial charge in [-0.2, -0.15) is 0 Å². The summed E-state index contributed by atoms with van der Waals surface area (Å²) in [6.07, 6.45) is 3.82. The molecule has 0 spiro atoms. The van der Waals surface area contributed by atoms with Crippen molar-refractivity contribution in [2.75, 3.05) is 11.9 Å². The standard InChI is InChI=1S/C13H19N3O3/c1-4-9(2)11(12(17)18)15-13(19)16(3)10-6-5-7-14-8-10/h5-9,11H,4H2,1-3H3,(H,15,19)(H,17,18)/t9?,11-/m0/s1. The lowest BCUT2D eigenvalue weighted by Crippen LogP contribution is -2.49. The zero-order valence-corrected chi connectivity index (χ0v) is 11.3. The lowest BCUT2D eigenvalue weighted by molar-refractivity contribution is -0.140. The number of pyridine rings is 1. The Morgan fingerprint density at radius 1 is 1.53 bits per heavy atom. The predicted molar refractivity (Wildman–Crippen MR) is 72.1 cm³/mol. The molecule has 0 aliphatic carbocycles. The third-order valence-corrected chi connectivity index (χ3v) is 3.10. The first-order valence-electron chi connectivity index (χ1n) is 6.14. The largest absolute Gasteiger partial charge is 0.480 e. The smallest absolute Gasteiger partial charge is 0.326 e. The Balaban J connectivity index is 2.75. The Labute approximate surface area is 112 Å². The van der Waals surface area contributed by atoms with E-state index in [1.165, 1.54) is 4.90 Å². The Morgan fingerprint density at radius 2 is 2.21 bits per heavy atom. The van der Waals surface area contributed by atoms with Gasteiger partial charge < -0.3 is 10.4 Å². The average molecular weight is 265 g/mol. The highest BCUT2D eigenvalue weighted by atomic mass is 16.4. The molecule has 0 radical (unpaired) electrons.